The fraction of sp³-hybridized carbons (Fsp3) is 0.273. The predicted octanol–water partition coefficient (Wildman–Crippen LogP) is 4.07. The number of hydrogen-bond acceptors (Lipinski definition) is 7. The van der Waals surface area contributed by atoms with E-state index in [0.29, 0.717) is 45.6 Å². The Labute approximate surface area is 178 Å². The zero-order chi connectivity index (χ0) is 21.3. The molecule has 4 rings (SSSR count). The molecule has 30 heavy (non-hydrogen) atoms. The van der Waals surface area contributed by atoms with Crippen LogP contribution in [0.25, 0.3) is 6.08 Å². The summed E-state index contributed by atoms with van der Waals surface area (Å²) in [6.45, 7) is 4.04. The van der Waals surface area contributed by atoms with Gasteiger partial charge in [0.15, 0.2) is 19.2 Å². The van der Waals surface area contributed by atoms with Crippen LogP contribution in [0.15, 0.2) is 30.0 Å². The highest BCUT2D eigenvalue weighted by molar-refractivity contribution is 6.31. The summed E-state index contributed by atoms with van der Waals surface area (Å²) >= 11 is 6.20. The van der Waals surface area contributed by atoms with Crippen molar-refractivity contribution < 1.29 is 33.3 Å². The molecule has 0 amide bonds. The molecule has 0 N–H and O–H groups in total. The molecule has 0 unspecified atom stereocenters. The van der Waals surface area contributed by atoms with E-state index in [-0.39, 0.29) is 31.5 Å². The van der Waals surface area contributed by atoms with Gasteiger partial charge in [-0.05, 0) is 44.2 Å². The van der Waals surface area contributed by atoms with Crippen LogP contribution in [0.5, 0.6) is 17.2 Å². The summed E-state index contributed by atoms with van der Waals surface area (Å²) in [4.78, 5) is 24.4. The van der Waals surface area contributed by atoms with E-state index >= 15 is 0 Å². The Morgan fingerprint density at radius 3 is 2.90 bits per heavy atom. The smallest absolute Gasteiger partial charge is 0.344 e. The number of Topliss-reactive ketones (excluding diaryl/α,β-unsaturated/α-hetero) is 1. The van der Waals surface area contributed by atoms with Crippen LogP contribution in [0, 0.1) is 6.92 Å². The van der Waals surface area contributed by atoms with Crippen molar-refractivity contribution in [1.29, 1.82) is 0 Å². The van der Waals surface area contributed by atoms with Crippen LogP contribution in [0.2, 0.25) is 5.02 Å². The molecule has 0 atom stereocenters. The van der Waals surface area contributed by atoms with Gasteiger partial charge in [0.05, 0.1) is 18.8 Å². The number of ether oxygens (including phenoxy) is 5. The van der Waals surface area contributed by atoms with Gasteiger partial charge in [-0.25, -0.2) is 4.79 Å². The van der Waals surface area contributed by atoms with Gasteiger partial charge < -0.3 is 23.7 Å². The largest absolute Gasteiger partial charge is 0.481 e. The van der Waals surface area contributed by atoms with Gasteiger partial charge in [0.1, 0.15) is 17.2 Å². The molecule has 0 saturated heterocycles. The molecule has 2 aromatic rings. The Balaban J connectivity index is 1.62. The van der Waals surface area contributed by atoms with Crippen LogP contribution in [-0.2, 0) is 20.9 Å². The molecule has 7 nitrogen and oxygen atoms in total. The fourth-order valence-electron chi connectivity index (χ4n) is 3.32. The van der Waals surface area contributed by atoms with Crippen LogP contribution in [-0.4, -0.2) is 31.8 Å². The highest BCUT2D eigenvalue weighted by atomic mass is 35.5. The van der Waals surface area contributed by atoms with Gasteiger partial charge in [-0.2, -0.15) is 0 Å². The summed E-state index contributed by atoms with van der Waals surface area (Å²) < 4.78 is 27.1. The summed E-state index contributed by atoms with van der Waals surface area (Å²) in [5.41, 5.74) is 2.47. The van der Waals surface area contributed by atoms with Crippen molar-refractivity contribution in [3.63, 3.8) is 0 Å². The van der Waals surface area contributed by atoms with Crippen LogP contribution in [0.3, 0.4) is 0 Å². The Morgan fingerprint density at radius 2 is 2.10 bits per heavy atom. The third-order valence-electron chi connectivity index (χ3n) is 4.68. The topological polar surface area (TPSA) is 80.3 Å². The maximum absolute atomic E-state index is 12.9. The number of hydrogen-bond donors (Lipinski definition) is 0. The molecule has 156 valence electrons. The summed E-state index contributed by atoms with van der Waals surface area (Å²) in [5.74, 6) is 0.871. The normalized spacial score (nSPS) is 15.8. The number of ketones is 1. The van der Waals surface area contributed by atoms with Gasteiger partial charge in [0.2, 0.25) is 5.78 Å². The third-order valence-corrected chi connectivity index (χ3v) is 4.90. The quantitative estimate of drug-likeness (QED) is 0.522. The Morgan fingerprint density at radius 1 is 1.27 bits per heavy atom. The summed E-state index contributed by atoms with van der Waals surface area (Å²) in [6, 6.07) is 6.73. The monoisotopic (exact) mass is 430 g/mol. The third kappa shape index (κ3) is 3.86. The molecular weight excluding hydrogens is 412 g/mol. The van der Waals surface area contributed by atoms with Crippen LogP contribution >= 0.6 is 11.6 Å². The summed E-state index contributed by atoms with van der Waals surface area (Å²) in [7, 11) is 0. The Hall–Kier alpha value is -3.03. The SMILES string of the molecule is CCOC(=O)COc1ccc2c(c1C)O/C(=C\c1cc(Cl)cc3c1OCOC3)C2=O. The number of carbonyl (C=O) groups excluding carboxylic acids is 2. The summed E-state index contributed by atoms with van der Waals surface area (Å²) in [5, 5.41) is 0.503. The number of halogens is 1. The van der Waals surface area contributed by atoms with Gasteiger partial charge >= 0.3 is 5.97 Å². The van der Waals surface area contributed by atoms with E-state index in [4.69, 9.17) is 35.3 Å². The minimum Gasteiger partial charge on any atom is -0.481 e. The Kier molecular flexibility index (Phi) is 5.65. The number of allylic oxidation sites excluding steroid dienone is 1. The van der Waals surface area contributed by atoms with Crippen molar-refractivity contribution in [2.45, 2.75) is 20.5 Å². The van der Waals surface area contributed by atoms with Gasteiger partial charge in [0.25, 0.3) is 0 Å². The van der Waals surface area contributed by atoms with Crippen LogP contribution < -0.4 is 14.2 Å². The lowest BCUT2D eigenvalue weighted by Crippen LogP contribution is -2.15. The molecular formula is C22H19ClO7. The molecule has 0 spiro atoms. The van der Waals surface area contributed by atoms with Gasteiger partial charge in [-0.1, -0.05) is 11.6 Å². The van der Waals surface area contributed by atoms with Crippen molar-refractivity contribution in [2.24, 2.45) is 0 Å². The average Bonchev–Trinajstić information content (AvgIpc) is 3.04. The first-order valence-electron chi connectivity index (χ1n) is 9.37. The van der Waals surface area contributed by atoms with Crippen molar-refractivity contribution in [3.05, 3.63) is 57.3 Å². The van der Waals surface area contributed by atoms with E-state index in [9.17, 15) is 9.59 Å². The molecule has 0 aliphatic carbocycles. The molecule has 2 heterocycles. The number of carbonyl (C=O) groups is 2. The van der Waals surface area contributed by atoms with E-state index in [1.165, 1.54) is 0 Å². The van der Waals surface area contributed by atoms with Gasteiger partial charge in [-0.15, -0.1) is 0 Å². The average molecular weight is 431 g/mol. The lowest BCUT2D eigenvalue weighted by Gasteiger charge is -2.20. The second kappa shape index (κ2) is 8.38. The van der Waals surface area contributed by atoms with E-state index in [1.54, 1.807) is 44.2 Å². The lowest BCUT2D eigenvalue weighted by atomic mass is 10.0. The molecule has 2 aliphatic heterocycles. The fourth-order valence-corrected chi connectivity index (χ4v) is 3.57. The van der Waals surface area contributed by atoms with Crippen LogP contribution in [0.1, 0.15) is 34.0 Å². The van der Waals surface area contributed by atoms with E-state index in [2.05, 4.69) is 0 Å². The standard InChI is InChI=1S/C22H19ClO7/c1-3-27-19(24)10-28-17-5-4-16-20(25)18(30-21(16)12(17)2)8-13-6-15(23)7-14-9-26-11-29-22(13)14/h4-8H,3,9-11H2,1-2H3/b18-8-. The first kappa shape index (κ1) is 20.3. The van der Waals surface area contributed by atoms with Gasteiger partial charge in [0, 0.05) is 21.7 Å². The maximum atomic E-state index is 12.9. The van der Waals surface area contributed by atoms with Crippen LogP contribution in [0.4, 0.5) is 0 Å². The highest BCUT2D eigenvalue weighted by Crippen LogP contribution is 2.40. The zero-order valence-electron chi connectivity index (χ0n) is 16.5. The van der Waals surface area contributed by atoms with Crippen molar-refractivity contribution in [2.75, 3.05) is 20.0 Å². The molecule has 2 aliphatic rings. The second-order valence-electron chi connectivity index (χ2n) is 6.69. The maximum Gasteiger partial charge on any atom is 0.344 e. The number of benzene rings is 2. The minimum absolute atomic E-state index is 0.125. The van der Waals surface area contributed by atoms with E-state index < -0.39 is 5.97 Å². The molecule has 0 saturated carbocycles. The lowest BCUT2D eigenvalue weighted by molar-refractivity contribution is -0.145. The first-order chi connectivity index (χ1) is 14.5. The van der Waals surface area contributed by atoms with Crippen molar-refractivity contribution >= 4 is 29.4 Å². The summed E-state index contributed by atoms with van der Waals surface area (Å²) in [6.07, 6.45) is 1.61. The molecule has 0 fully saturated rings. The molecule has 2 aromatic carbocycles. The molecule has 8 heteroatoms. The highest BCUT2D eigenvalue weighted by Gasteiger charge is 2.31. The second-order valence-corrected chi connectivity index (χ2v) is 7.13. The predicted molar refractivity (Wildman–Crippen MR) is 108 cm³/mol. The van der Waals surface area contributed by atoms with Gasteiger partial charge in [-0.3, -0.25) is 4.79 Å². The van der Waals surface area contributed by atoms with Crippen molar-refractivity contribution in [3.8, 4) is 17.2 Å². The number of esters is 1. The minimum atomic E-state index is -0.468. The van der Waals surface area contributed by atoms with E-state index in [1.807, 2.05) is 0 Å². The molecule has 0 bridgehead atoms. The first-order valence-corrected chi connectivity index (χ1v) is 9.75. The van der Waals surface area contributed by atoms with E-state index in [0.717, 1.165) is 5.56 Å². The van der Waals surface area contributed by atoms with Crippen molar-refractivity contribution in [1.82, 2.24) is 0 Å². The number of fused-ring (bicyclic) bond motifs is 2. The zero-order valence-corrected chi connectivity index (χ0v) is 17.2. The number of rotatable bonds is 5. The molecule has 0 radical (unpaired) electrons. The molecule has 0 aromatic heterocycles. The Bertz CT molecular complexity index is 1060.